The maximum absolute atomic E-state index is 0. The van der Waals surface area contributed by atoms with Crippen LogP contribution in [0, 0.1) is 0 Å². The zero-order chi connectivity index (χ0) is 0. The standard InChI is InChI=1S/27Ca.2ClH.54H/h;;;;;;;;;;;;;;;;;;;;;;;;;;;2*1H;;;;;;;;;;;;;;;;;;;;;;;;;;;;;;;;;;;;;;;;;;;;;;;;;;;;;;/q27*+2;;;54*-1. The second-order valence-electron chi connectivity index (χ2n) is 0. The summed E-state index contributed by atoms with van der Waals surface area (Å²) in [5, 5.41) is 0. The van der Waals surface area contributed by atoms with Gasteiger partial charge in [-0.25, -0.2) is 0 Å². The van der Waals surface area contributed by atoms with E-state index in [-0.39, 0.29) is 1120 Å². The predicted molar refractivity (Wildman–Crippen MR) is 230 cm³/mol. The molecule has 0 amide bonds. The zero-order valence-corrected chi connectivity index (χ0v) is 81.2. The van der Waals surface area contributed by atoms with Gasteiger partial charge in [0.25, 0.3) is 0 Å². The number of hydrogen-bond acceptors (Lipinski definition) is 0. The van der Waals surface area contributed by atoms with Gasteiger partial charge in [0.2, 0.25) is 0 Å². The molecule has 0 radical (unpaired) electrons. The molecule has 0 aliphatic carbocycles. The third kappa shape index (κ3) is 192. The minimum absolute atomic E-state index is 0. The van der Waals surface area contributed by atoms with Crippen molar-refractivity contribution in [2.75, 3.05) is 0 Å². The average Bonchev–Trinajstić information content (AvgIpc) is 0. The quantitative estimate of drug-likeness (QED) is 0.223. The molecule has 0 fully saturated rings. The van der Waals surface area contributed by atoms with E-state index < -0.39 is 0 Å². The van der Waals surface area contributed by atoms with E-state index in [4.69, 9.17) is 0 Å². The Morgan fingerprint density at radius 1 is 0.103 bits per heavy atom. The van der Waals surface area contributed by atoms with Crippen molar-refractivity contribution in [1.29, 1.82) is 0 Å². The summed E-state index contributed by atoms with van der Waals surface area (Å²) >= 11 is 0. The van der Waals surface area contributed by atoms with Crippen LogP contribution < -0.4 is 0 Å². The van der Waals surface area contributed by atoms with E-state index in [1.54, 1.807) is 0 Å². The molecule has 124 valence electrons. The van der Waals surface area contributed by atoms with Gasteiger partial charge in [-0.15, -0.1) is 24.8 Å². The molecular weight excluding hydrogens is 1150 g/mol. The van der Waals surface area contributed by atoms with E-state index in [9.17, 15) is 0 Å². The minimum atomic E-state index is 0. The smallest absolute Gasteiger partial charge is 1.00 e. The van der Waals surface area contributed by atoms with Crippen LogP contribution in [-0.4, -0.2) is 1020 Å². The Labute approximate surface area is 1080 Å². The van der Waals surface area contributed by atoms with Crippen molar-refractivity contribution in [3.63, 3.8) is 0 Å². The summed E-state index contributed by atoms with van der Waals surface area (Å²) in [7, 11) is 0. The van der Waals surface area contributed by atoms with Crippen LogP contribution in [0.3, 0.4) is 0 Å². The SMILES string of the molecule is Cl.Cl.[Ca+2].[Ca+2].[Ca+2].[Ca+2].[Ca+2].[Ca+2].[Ca+2].[Ca+2].[Ca+2].[Ca+2].[Ca+2].[Ca+2].[Ca+2].[Ca+2].[Ca+2].[Ca+2].[Ca+2].[Ca+2].[Ca+2].[Ca+2].[Ca+2].[Ca+2].[Ca+2].[Ca+2].[Ca+2].[Ca+2].[Ca+2].[H-].[H-].[H-].[H-].[H-].[H-].[H-].[H-].[H-].[H-].[H-].[H-].[H-].[H-].[H-].[H-].[H-].[H-].[H-].[H-].[H-].[H-].[H-].[H-].[H-].[H-].[H-].[H-].[H-].[H-].[H-].[H-].[H-].[H-].[H-].[H-].[H-].[H-].[H-].[H-].[H-].[H-].[H-].[H-].[H-].[H-].[H-].[H-].[H-].[H-].[H-].[H-].[H-].[H-]. The molecule has 0 heterocycles. The van der Waals surface area contributed by atoms with Gasteiger partial charge in [0, 0.05) is 0 Å². The third-order valence-corrected chi connectivity index (χ3v) is 0. The first-order valence-electron chi connectivity index (χ1n) is 0. The Hall–Kier alpha value is 34.6. The van der Waals surface area contributed by atoms with Gasteiger partial charge in [0.1, 0.15) is 0 Å². The second-order valence-corrected chi connectivity index (χ2v) is 0. The molecule has 0 saturated heterocycles. The van der Waals surface area contributed by atoms with Crippen molar-refractivity contribution in [3.05, 3.63) is 0 Å². The van der Waals surface area contributed by atoms with Crippen molar-refractivity contribution in [2.45, 2.75) is 0 Å². The monoisotopic (exact) mass is 1210 g/mol. The maximum Gasteiger partial charge on any atom is 2.00 e. The van der Waals surface area contributed by atoms with E-state index in [1.807, 2.05) is 0 Å². The van der Waals surface area contributed by atoms with E-state index in [2.05, 4.69) is 0 Å². The molecule has 0 rings (SSSR count). The van der Waals surface area contributed by atoms with Crippen LogP contribution in [0.25, 0.3) is 0 Å². The normalized spacial score (nSPS) is 0. The Morgan fingerprint density at radius 3 is 0.103 bits per heavy atom. The number of hydrogen-bond donors (Lipinski definition) is 0. The van der Waals surface area contributed by atoms with Crippen LogP contribution in [0.5, 0.6) is 0 Å². The van der Waals surface area contributed by atoms with Crippen LogP contribution >= 0.6 is 24.8 Å². The molecule has 0 spiro atoms. The van der Waals surface area contributed by atoms with Gasteiger partial charge >= 0.3 is 1020 Å². The molecule has 0 aromatic rings. The molecule has 29 heavy (non-hydrogen) atoms. The fraction of sp³-hybridized carbons (Fsp3) is 0. The number of halogens is 2. The summed E-state index contributed by atoms with van der Waals surface area (Å²) in [4.78, 5) is 0. The Morgan fingerprint density at radius 2 is 0.103 bits per heavy atom. The molecule has 0 aliphatic heterocycles. The van der Waals surface area contributed by atoms with Crippen LogP contribution in [0.2, 0.25) is 0 Å². The molecular formula is H56Ca27Cl2. The first kappa shape index (κ1) is 208. The Balaban J connectivity index is 0. The van der Waals surface area contributed by atoms with E-state index in [1.165, 1.54) is 0 Å². The van der Waals surface area contributed by atoms with Gasteiger partial charge in [-0.2, -0.15) is 0 Å². The minimum Gasteiger partial charge on any atom is -1.00 e. The molecule has 29 heteroatoms. The topological polar surface area (TPSA) is 0 Å². The van der Waals surface area contributed by atoms with Crippen molar-refractivity contribution in [2.24, 2.45) is 0 Å². The van der Waals surface area contributed by atoms with E-state index in [0.29, 0.717) is 0 Å². The van der Waals surface area contributed by atoms with Gasteiger partial charge in [-0.3, -0.25) is 0 Å². The predicted octanol–water partition coefficient (Wildman–Crippen LogP) is -3.36. The summed E-state index contributed by atoms with van der Waals surface area (Å²) in [6, 6.07) is 0. The van der Waals surface area contributed by atoms with Crippen molar-refractivity contribution >= 4 is 1040 Å². The molecule has 0 atom stereocenters. The first-order valence-corrected chi connectivity index (χ1v) is 0. The molecule has 0 saturated carbocycles. The summed E-state index contributed by atoms with van der Waals surface area (Å²) < 4.78 is 0. The summed E-state index contributed by atoms with van der Waals surface area (Å²) in [5.74, 6) is 0. The van der Waals surface area contributed by atoms with Crippen LogP contribution in [0.4, 0.5) is 0 Å². The molecule has 0 aliphatic rings. The van der Waals surface area contributed by atoms with Gasteiger partial charge in [-0.1, -0.05) is 0 Å². The molecule has 0 bridgehead atoms. The van der Waals surface area contributed by atoms with Gasteiger partial charge in [-0.05, 0) is 0 Å². The summed E-state index contributed by atoms with van der Waals surface area (Å²) in [6.07, 6.45) is 0. The van der Waals surface area contributed by atoms with Crippen LogP contribution in [0.1, 0.15) is 77.0 Å². The van der Waals surface area contributed by atoms with Crippen molar-refractivity contribution in [3.8, 4) is 0 Å². The average molecular weight is 1210 g/mol. The molecule has 0 aromatic carbocycles. The summed E-state index contributed by atoms with van der Waals surface area (Å²) in [5.41, 5.74) is 0. The zero-order valence-electron chi connectivity index (χ0n) is 73.9. The second kappa shape index (κ2) is 198. The Bertz CT molecular complexity index is 88.0. The molecule has 0 N–H and O–H groups in total. The molecule has 0 aromatic heterocycles. The summed E-state index contributed by atoms with van der Waals surface area (Å²) in [6.45, 7) is 0. The largest absolute Gasteiger partial charge is 2.00 e. The van der Waals surface area contributed by atoms with Crippen molar-refractivity contribution in [1.82, 2.24) is 0 Å². The van der Waals surface area contributed by atoms with Crippen molar-refractivity contribution < 1.29 is 77.0 Å². The van der Waals surface area contributed by atoms with Crippen LogP contribution in [0.15, 0.2) is 0 Å². The van der Waals surface area contributed by atoms with Crippen LogP contribution in [-0.2, 0) is 0 Å². The third-order valence-electron chi connectivity index (χ3n) is 0. The molecule has 0 unspecified atom stereocenters. The fourth-order valence-electron chi connectivity index (χ4n) is 0. The first-order chi connectivity index (χ1) is 0. The number of rotatable bonds is 0. The Kier molecular flexibility index (Phi) is 1420. The molecule has 0 nitrogen and oxygen atoms in total. The van der Waals surface area contributed by atoms with E-state index >= 15 is 0 Å². The van der Waals surface area contributed by atoms with Gasteiger partial charge in [0.15, 0.2) is 0 Å². The maximum atomic E-state index is 0. The van der Waals surface area contributed by atoms with Gasteiger partial charge < -0.3 is 77.0 Å². The fourth-order valence-corrected chi connectivity index (χ4v) is 0. The van der Waals surface area contributed by atoms with Gasteiger partial charge in [0.05, 0.1) is 0 Å². The van der Waals surface area contributed by atoms with E-state index in [0.717, 1.165) is 0 Å².